The number of benzene rings is 1. The summed E-state index contributed by atoms with van der Waals surface area (Å²) < 4.78 is 0. The van der Waals surface area contributed by atoms with E-state index >= 15 is 0 Å². The van der Waals surface area contributed by atoms with Crippen molar-refractivity contribution in [2.24, 2.45) is 0 Å². The van der Waals surface area contributed by atoms with E-state index in [4.69, 9.17) is 0 Å². The molecular formula is C16H16N6O2. The molecular weight excluding hydrogens is 308 g/mol. The van der Waals surface area contributed by atoms with Gasteiger partial charge in [0.1, 0.15) is 5.69 Å². The Hall–Kier alpha value is -3.16. The Kier molecular flexibility index (Phi) is 3.49. The highest BCUT2D eigenvalue weighted by atomic mass is 16.2. The number of carbonyl (C=O) groups is 1. The molecule has 1 fully saturated rings. The predicted octanol–water partition coefficient (Wildman–Crippen LogP) is 1.50. The van der Waals surface area contributed by atoms with Crippen LogP contribution in [-0.4, -0.2) is 38.9 Å². The lowest BCUT2D eigenvalue weighted by atomic mass is 10.2. The third-order valence-corrected chi connectivity index (χ3v) is 4.12. The van der Waals surface area contributed by atoms with Crippen LogP contribution in [0.25, 0.3) is 11.0 Å². The molecule has 1 aromatic carbocycles. The standard InChI is InChI=1S/C16H16N6O2/c23-15(13-9-17-3-4-18-13)19-12-7-10-11(21-16(24)20-10)8-14(12)22-5-1-2-6-22/h3-4,7-9H,1-2,5-6H2,(H,19,23)(H2,20,21,24). The molecule has 0 atom stereocenters. The number of anilines is 2. The Morgan fingerprint density at radius 2 is 1.88 bits per heavy atom. The fraction of sp³-hybridized carbons (Fsp3) is 0.250. The van der Waals surface area contributed by atoms with Crippen LogP contribution in [0.3, 0.4) is 0 Å². The van der Waals surface area contributed by atoms with Gasteiger partial charge in [-0.1, -0.05) is 0 Å². The van der Waals surface area contributed by atoms with Crippen LogP contribution in [0.4, 0.5) is 11.4 Å². The topological polar surface area (TPSA) is 107 Å². The van der Waals surface area contributed by atoms with Crippen molar-refractivity contribution in [1.29, 1.82) is 0 Å². The van der Waals surface area contributed by atoms with Crippen LogP contribution < -0.4 is 15.9 Å². The predicted molar refractivity (Wildman–Crippen MR) is 90.4 cm³/mol. The summed E-state index contributed by atoms with van der Waals surface area (Å²) in [7, 11) is 0. The maximum absolute atomic E-state index is 12.4. The summed E-state index contributed by atoms with van der Waals surface area (Å²) in [6.45, 7) is 1.85. The minimum absolute atomic E-state index is 0.243. The highest BCUT2D eigenvalue weighted by Crippen LogP contribution is 2.32. The van der Waals surface area contributed by atoms with Gasteiger partial charge in [-0.2, -0.15) is 0 Å². The highest BCUT2D eigenvalue weighted by molar-refractivity contribution is 6.06. The number of imidazole rings is 1. The lowest BCUT2D eigenvalue weighted by molar-refractivity contribution is 0.102. The Morgan fingerprint density at radius 3 is 2.58 bits per heavy atom. The summed E-state index contributed by atoms with van der Waals surface area (Å²) in [5.74, 6) is -0.333. The Balaban J connectivity index is 1.75. The van der Waals surface area contributed by atoms with Crippen LogP contribution in [0.15, 0.2) is 35.5 Å². The Bertz CT molecular complexity index is 940. The van der Waals surface area contributed by atoms with Gasteiger partial charge in [-0.05, 0) is 25.0 Å². The number of aromatic amines is 2. The number of amides is 1. The molecule has 1 aliphatic rings. The first-order chi connectivity index (χ1) is 11.7. The third kappa shape index (κ3) is 2.62. The summed E-state index contributed by atoms with van der Waals surface area (Å²) in [6, 6.07) is 3.67. The number of hydrogen-bond acceptors (Lipinski definition) is 5. The van der Waals surface area contributed by atoms with E-state index in [1.165, 1.54) is 18.6 Å². The number of nitrogens with zero attached hydrogens (tertiary/aromatic N) is 3. The average Bonchev–Trinajstić information content (AvgIpc) is 3.23. The van der Waals surface area contributed by atoms with Crippen molar-refractivity contribution in [3.63, 3.8) is 0 Å². The van der Waals surface area contributed by atoms with E-state index in [0.717, 1.165) is 37.1 Å². The van der Waals surface area contributed by atoms with Gasteiger partial charge in [-0.15, -0.1) is 0 Å². The van der Waals surface area contributed by atoms with Crippen molar-refractivity contribution in [3.05, 3.63) is 46.9 Å². The summed E-state index contributed by atoms with van der Waals surface area (Å²) in [5.41, 5.74) is 2.89. The van der Waals surface area contributed by atoms with Gasteiger partial charge in [0, 0.05) is 25.5 Å². The zero-order chi connectivity index (χ0) is 16.5. The van der Waals surface area contributed by atoms with E-state index in [9.17, 15) is 9.59 Å². The summed E-state index contributed by atoms with van der Waals surface area (Å²) in [4.78, 5) is 39.6. The molecule has 0 bridgehead atoms. The molecule has 0 radical (unpaired) electrons. The van der Waals surface area contributed by atoms with E-state index in [1.807, 2.05) is 6.07 Å². The molecule has 0 aliphatic carbocycles. The number of carbonyl (C=O) groups excluding carboxylic acids is 1. The van der Waals surface area contributed by atoms with Crippen LogP contribution >= 0.6 is 0 Å². The second kappa shape index (κ2) is 5.80. The first-order valence-corrected chi connectivity index (χ1v) is 7.79. The van der Waals surface area contributed by atoms with Gasteiger partial charge in [0.2, 0.25) is 0 Å². The minimum atomic E-state index is -0.333. The zero-order valence-electron chi connectivity index (χ0n) is 12.9. The summed E-state index contributed by atoms with van der Waals surface area (Å²) in [6.07, 6.45) is 6.63. The van der Waals surface area contributed by atoms with Gasteiger partial charge in [0.25, 0.3) is 5.91 Å². The van der Waals surface area contributed by atoms with E-state index < -0.39 is 0 Å². The first kappa shape index (κ1) is 14.4. The molecule has 24 heavy (non-hydrogen) atoms. The molecule has 8 nitrogen and oxygen atoms in total. The second-order valence-electron chi connectivity index (χ2n) is 5.73. The zero-order valence-corrected chi connectivity index (χ0v) is 12.9. The van der Waals surface area contributed by atoms with E-state index in [-0.39, 0.29) is 17.3 Å². The maximum atomic E-state index is 12.4. The molecule has 122 valence electrons. The fourth-order valence-electron chi connectivity index (χ4n) is 2.99. The van der Waals surface area contributed by atoms with Gasteiger partial charge in [-0.25, -0.2) is 9.78 Å². The molecule has 8 heteroatoms. The van der Waals surface area contributed by atoms with Gasteiger partial charge >= 0.3 is 5.69 Å². The largest absolute Gasteiger partial charge is 0.370 e. The first-order valence-electron chi connectivity index (χ1n) is 7.79. The van der Waals surface area contributed by atoms with Crippen LogP contribution in [0.2, 0.25) is 0 Å². The van der Waals surface area contributed by atoms with Crippen LogP contribution in [-0.2, 0) is 0 Å². The fourth-order valence-corrected chi connectivity index (χ4v) is 2.99. The number of rotatable bonds is 3. The van der Waals surface area contributed by atoms with Crippen molar-refractivity contribution in [2.45, 2.75) is 12.8 Å². The highest BCUT2D eigenvalue weighted by Gasteiger charge is 2.19. The van der Waals surface area contributed by atoms with Crippen molar-refractivity contribution >= 4 is 28.3 Å². The third-order valence-electron chi connectivity index (χ3n) is 4.12. The van der Waals surface area contributed by atoms with E-state index in [1.54, 1.807) is 6.07 Å². The SMILES string of the molecule is O=C(Nc1cc2[nH]c(=O)[nH]c2cc1N1CCCC1)c1cnccn1. The second-order valence-corrected chi connectivity index (χ2v) is 5.73. The lowest BCUT2D eigenvalue weighted by Crippen LogP contribution is -2.21. The van der Waals surface area contributed by atoms with Crippen LogP contribution in [0.1, 0.15) is 23.3 Å². The molecule has 1 aliphatic heterocycles. The molecule has 0 spiro atoms. The van der Waals surface area contributed by atoms with Crippen molar-refractivity contribution in [3.8, 4) is 0 Å². The monoisotopic (exact) mass is 324 g/mol. The van der Waals surface area contributed by atoms with Crippen molar-refractivity contribution in [1.82, 2.24) is 19.9 Å². The summed E-state index contributed by atoms with van der Waals surface area (Å²) >= 11 is 0. The molecule has 0 saturated carbocycles. The summed E-state index contributed by atoms with van der Waals surface area (Å²) in [5, 5.41) is 2.89. The number of aromatic nitrogens is 4. The molecule has 1 amide bonds. The molecule has 3 N–H and O–H groups in total. The van der Waals surface area contributed by atoms with Gasteiger partial charge < -0.3 is 20.2 Å². The van der Waals surface area contributed by atoms with Crippen molar-refractivity contribution in [2.75, 3.05) is 23.3 Å². The lowest BCUT2D eigenvalue weighted by Gasteiger charge is -2.21. The van der Waals surface area contributed by atoms with Gasteiger partial charge in [0.05, 0.1) is 28.6 Å². The molecule has 3 heterocycles. The molecule has 2 aromatic heterocycles. The number of H-pyrrole nitrogens is 2. The minimum Gasteiger partial charge on any atom is -0.370 e. The molecule has 3 aromatic rings. The van der Waals surface area contributed by atoms with Crippen molar-refractivity contribution < 1.29 is 4.79 Å². The van der Waals surface area contributed by atoms with E-state index in [0.29, 0.717) is 11.2 Å². The van der Waals surface area contributed by atoms with Gasteiger partial charge in [-0.3, -0.25) is 9.78 Å². The molecule has 0 unspecified atom stereocenters. The van der Waals surface area contributed by atoms with Crippen LogP contribution in [0, 0.1) is 0 Å². The number of nitrogens with one attached hydrogen (secondary N) is 3. The Labute approximate surface area is 136 Å². The van der Waals surface area contributed by atoms with E-state index in [2.05, 4.69) is 30.2 Å². The molecule has 1 saturated heterocycles. The Morgan fingerprint density at radius 1 is 1.12 bits per heavy atom. The smallest absolute Gasteiger partial charge is 0.323 e. The molecule has 4 rings (SSSR count). The number of fused-ring (bicyclic) bond motifs is 1. The quantitative estimate of drug-likeness (QED) is 0.677. The number of hydrogen-bond donors (Lipinski definition) is 3. The van der Waals surface area contributed by atoms with Crippen LogP contribution in [0.5, 0.6) is 0 Å². The maximum Gasteiger partial charge on any atom is 0.323 e. The normalized spacial score (nSPS) is 14.2. The van der Waals surface area contributed by atoms with Gasteiger partial charge in [0.15, 0.2) is 0 Å². The average molecular weight is 324 g/mol.